The van der Waals surface area contributed by atoms with Crippen LogP contribution < -0.4 is 10.2 Å². The van der Waals surface area contributed by atoms with Gasteiger partial charge in [0.2, 0.25) is 0 Å². The molecule has 1 aliphatic heterocycles. The minimum absolute atomic E-state index is 0.402. The summed E-state index contributed by atoms with van der Waals surface area (Å²) in [6, 6.07) is 4.18. The van der Waals surface area contributed by atoms with Crippen LogP contribution in [0.25, 0.3) is 0 Å². The van der Waals surface area contributed by atoms with Crippen LogP contribution in [0.5, 0.6) is 0 Å². The molecule has 0 bridgehead atoms. The fraction of sp³-hybridized carbons (Fsp3) is 0.733. The molecule has 1 aliphatic rings. The Labute approximate surface area is 116 Å². The summed E-state index contributed by atoms with van der Waals surface area (Å²) < 4.78 is 0. The van der Waals surface area contributed by atoms with E-state index in [1.807, 2.05) is 0 Å². The van der Waals surface area contributed by atoms with E-state index in [4.69, 9.17) is 0 Å². The smallest absolute Gasteiger partial charge is 0.151 e. The monoisotopic (exact) mass is 262 g/mol. The summed E-state index contributed by atoms with van der Waals surface area (Å²) in [6.07, 6.45) is 1.23. The highest BCUT2D eigenvalue weighted by molar-refractivity contribution is 5.39. The molecule has 106 valence electrons. The van der Waals surface area contributed by atoms with Gasteiger partial charge in [-0.2, -0.15) is 5.10 Å². The van der Waals surface area contributed by atoms with Crippen molar-refractivity contribution < 1.29 is 0 Å². The van der Waals surface area contributed by atoms with E-state index in [-0.39, 0.29) is 0 Å². The van der Waals surface area contributed by atoms with Crippen molar-refractivity contribution >= 4 is 5.82 Å². The molecule has 19 heavy (non-hydrogen) atoms. The standard InChI is InChI=1S/C15H26N4/c1-12(2)9-16-10-13-5-6-14(18-17-13)19-8-7-15(3,4)11-19/h5-6,12,16H,7-11H2,1-4H3. The molecule has 4 nitrogen and oxygen atoms in total. The summed E-state index contributed by atoms with van der Waals surface area (Å²) in [5.74, 6) is 1.68. The lowest BCUT2D eigenvalue weighted by Gasteiger charge is -2.20. The number of aromatic nitrogens is 2. The minimum Gasteiger partial charge on any atom is -0.355 e. The average molecular weight is 262 g/mol. The Kier molecular flexibility index (Phi) is 4.40. The van der Waals surface area contributed by atoms with Gasteiger partial charge in [-0.3, -0.25) is 0 Å². The third-order valence-electron chi connectivity index (χ3n) is 3.57. The van der Waals surface area contributed by atoms with Gasteiger partial charge in [-0.15, -0.1) is 5.10 Å². The van der Waals surface area contributed by atoms with Crippen molar-refractivity contribution in [3.63, 3.8) is 0 Å². The minimum atomic E-state index is 0.402. The molecular formula is C15H26N4. The van der Waals surface area contributed by atoms with Crippen LogP contribution in [0.1, 0.15) is 39.8 Å². The van der Waals surface area contributed by atoms with Crippen LogP contribution in [0.4, 0.5) is 5.82 Å². The second kappa shape index (κ2) is 5.87. The molecule has 1 aromatic rings. The molecule has 0 amide bonds. The second-order valence-corrected chi connectivity index (χ2v) is 6.74. The van der Waals surface area contributed by atoms with Gasteiger partial charge in [0.25, 0.3) is 0 Å². The Morgan fingerprint density at radius 1 is 1.32 bits per heavy atom. The van der Waals surface area contributed by atoms with Crippen molar-refractivity contribution in [2.45, 2.75) is 40.7 Å². The Bertz CT molecular complexity index is 397. The van der Waals surface area contributed by atoms with Crippen molar-refractivity contribution in [1.82, 2.24) is 15.5 Å². The van der Waals surface area contributed by atoms with Crippen molar-refractivity contribution in [3.8, 4) is 0 Å². The lowest BCUT2D eigenvalue weighted by Crippen LogP contribution is -2.24. The van der Waals surface area contributed by atoms with Crippen molar-refractivity contribution in [3.05, 3.63) is 17.8 Å². The molecule has 1 fully saturated rings. The van der Waals surface area contributed by atoms with Gasteiger partial charge in [-0.05, 0) is 36.4 Å². The molecule has 0 saturated carbocycles. The van der Waals surface area contributed by atoms with Crippen LogP contribution >= 0.6 is 0 Å². The van der Waals surface area contributed by atoms with E-state index in [1.165, 1.54) is 6.42 Å². The molecule has 0 radical (unpaired) electrons. The molecular weight excluding hydrogens is 236 g/mol. The summed E-state index contributed by atoms with van der Waals surface area (Å²) >= 11 is 0. The van der Waals surface area contributed by atoms with Gasteiger partial charge in [-0.1, -0.05) is 27.7 Å². The maximum atomic E-state index is 4.36. The summed E-state index contributed by atoms with van der Waals surface area (Å²) in [5.41, 5.74) is 1.42. The fourth-order valence-corrected chi connectivity index (χ4v) is 2.41. The lowest BCUT2D eigenvalue weighted by atomic mass is 9.93. The molecule has 0 unspecified atom stereocenters. The Balaban J connectivity index is 1.88. The highest BCUT2D eigenvalue weighted by atomic mass is 15.3. The molecule has 1 N–H and O–H groups in total. The number of hydrogen-bond donors (Lipinski definition) is 1. The third kappa shape index (κ3) is 4.16. The van der Waals surface area contributed by atoms with Crippen molar-refractivity contribution in [2.24, 2.45) is 11.3 Å². The normalized spacial score (nSPS) is 18.3. The summed E-state index contributed by atoms with van der Waals surface area (Å²) in [7, 11) is 0. The number of nitrogens with one attached hydrogen (secondary N) is 1. The van der Waals surface area contributed by atoms with E-state index >= 15 is 0 Å². The van der Waals surface area contributed by atoms with E-state index < -0.39 is 0 Å². The molecule has 4 heteroatoms. The van der Waals surface area contributed by atoms with E-state index in [2.05, 4.69) is 60.2 Å². The quantitative estimate of drug-likeness (QED) is 0.885. The molecule has 0 atom stereocenters. The molecule has 1 saturated heterocycles. The van der Waals surface area contributed by atoms with Crippen molar-refractivity contribution in [1.29, 1.82) is 0 Å². The van der Waals surface area contributed by atoms with Crippen LogP contribution in [0.15, 0.2) is 12.1 Å². The lowest BCUT2D eigenvalue weighted by molar-refractivity contribution is 0.418. The van der Waals surface area contributed by atoms with Crippen LogP contribution in [-0.4, -0.2) is 29.8 Å². The van der Waals surface area contributed by atoms with E-state index in [9.17, 15) is 0 Å². The molecule has 2 rings (SSSR count). The van der Waals surface area contributed by atoms with Crippen LogP contribution in [0.3, 0.4) is 0 Å². The van der Waals surface area contributed by atoms with Crippen LogP contribution in [0.2, 0.25) is 0 Å². The zero-order chi connectivity index (χ0) is 13.9. The number of rotatable bonds is 5. The highest BCUT2D eigenvalue weighted by Crippen LogP contribution is 2.31. The van der Waals surface area contributed by atoms with Gasteiger partial charge >= 0.3 is 0 Å². The molecule has 1 aromatic heterocycles. The number of hydrogen-bond acceptors (Lipinski definition) is 4. The Morgan fingerprint density at radius 2 is 2.11 bits per heavy atom. The van der Waals surface area contributed by atoms with Gasteiger partial charge in [0, 0.05) is 19.6 Å². The summed E-state index contributed by atoms with van der Waals surface area (Å²) in [6.45, 7) is 13.0. The number of nitrogens with zero attached hydrogens (tertiary/aromatic N) is 3. The maximum absolute atomic E-state index is 4.36. The molecule has 0 aliphatic carbocycles. The zero-order valence-electron chi connectivity index (χ0n) is 12.6. The average Bonchev–Trinajstić information content (AvgIpc) is 2.70. The zero-order valence-corrected chi connectivity index (χ0v) is 12.6. The van der Waals surface area contributed by atoms with Crippen LogP contribution in [-0.2, 0) is 6.54 Å². The topological polar surface area (TPSA) is 41.0 Å². The van der Waals surface area contributed by atoms with E-state index in [0.29, 0.717) is 11.3 Å². The van der Waals surface area contributed by atoms with Gasteiger partial charge < -0.3 is 10.2 Å². The van der Waals surface area contributed by atoms with Crippen molar-refractivity contribution in [2.75, 3.05) is 24.5 Å². The highest BCUT2D eigenvalue weighted by Gasteiger charge is 2.29. The van der Waals surface area contributed by atoms with Gasteiger partial charge in [0.1, 0.15) is 0 Å². The maximum Gasteiger partial charge on any atom is 0.151 e. The largest absolute Gasteiger partial charge is 0.355 e. The van der Waals surface area contributed by atoms with E-state index in [0.717, 1.165) is 37.7 Å². The van der Waals surface area contributed by atoms with Gasteiger partial charge in [0.05, 0.1) is 5.69 Å². The van der Waals surface area contributed by atoms with Crippen LogP contribution in [0, 0.1) is 11.3 Å². The molecule has 0 aromatic carbocycles. The first-order valence-corrected chi connectivity index (χ1v) is 7.24. The second-order valence-electron chi connectivity index (χ2n) is 6.74. The Morgan fingerprint density at radius 3 is 2.63 bits per heavy atom. The first kappa shape index (κ1) is 14.3. The van der Waals surface area contributed by atoms with Gasteiger partial charge in [0.15, 0.2) is 5.82 Å². The first-order chi connectivity index (χ1) is 8.96. The third-order valence-corrected chi connectivity index (χ3v) is 3.57. The summed E-state index contributed by atoms with van der Waals surface area (Å²) in [5, 5.41) is 12.1. The fourth-order valence-electron chi connectivity index (χ4n) is 2.41. The summed E-state index contributed by atoms with van der Waals surface area (Å²) in [4.78, 5) is 2.33. The van der Waals surface area contributed by atoms with E-state index in [1.54, 1.807) is 0 Å². The predicted octanol–water partition coefficient (Wildman–Crippen LogP) is 2.46. The molecule has 2 heterocycles. The van der Waals surface area contributed by atoms with Gasteiger partial charge in [-0.25, -0.2) is 0 Å². The molecule has 0 spiro atoms. The first-order valence-electron chi connectivity index (χ1n) is 7.24. The number of anilines is 1. The Hall–Kier alpha value is -1.16. The predicted molar refractivity (Wildman–Crippen MR) is 79.2 cm³/mol. The SMILES string of the molecule is CC(C)CNCc1ccc(N2CCC(C)(C)C2)nn1.